The molecule has 47 heavy (non-hydrogen) atoms. The lowest BCUT2D eigenvalue weighted by molar-refractivity contribution is -0.157. The van der Waals surface area contributed by atoms with Crippen LogP contribution in [0, 0.1) is 0 Å². The van der Waals surface area contributed by atoms with Crippen LogP contribution in [0.2, 0.25) is 0 Å². The molecule has 268 valence electrons. The van der Waals surface area contributed by atoms with Crippen molar-refractivity contribution in [2.24, 2.45) is 0 Å². The molecule has 0 radical (unpaired) electrons. The van der Waals surface area contributed by atoms with E-state index in [2.05, 4.69) is 20.0 Å². The minimum absolute atomic E-state index is 0.145. The molecule has 0 spiro atoms. The topological polar surface area (TPSA) is 119 Å². The number of nitrogens with one attached hydrogen (secondary N) is 1. The predicted molar refractivity (Wildman–Crippen MR) is 182 cm³/mol. The molecule has 0 aromatic heterocycles. The van der Waals surface area contributed by atoms with Crippen LogP contribution < -0.4 is 10.1 Å². The summed E-state index contributed by atoms with van der Waals surface area (Å²) in [6, 6.07) is 7.16. The van der Waals surface area contributed by atoms with Crippen molar-refractivity contribution < 1.29 is 38.1 Å². The van der Waals surface area contributed by atoms with Gasteiger partial charge < -0.3 is 29.0 Å². The Hall–Kier alpha value is -2.77. The molecule has 0 aliphatic carbocycles. The van der Waals surface area contributed by atoms with Crippen LogP contribution in [0.3, 0.4) is 0 Å². The average Bonchev–Trinajstić information content (AvgIpc) is 2.96. The Balaban J connectivity index is 2.30. The number of nitrogens with zero attached hydrogens (tertiary/aromatic N) is 3. The number of rotatable bonds is 14. The van der Waals surface area contributed by atoms with Crippen molar-refractivity contribution in [1.29, 1.82) is 0 Å². The fourth-order valence-corrected chi connectivity index (χ4v) is 5.12. The van der Waals surface area contributed by atoms with Gasteiger partial charge >= 0.3 is 17.9 Å². The van der Waals surface area contributed by atoms with Gasteiger partial charge in [-0.15, -0.1) is 0 Å². The Morgan fingerprint density at radius 1 is 0.745 bits per heavy atom. The van der Waals surface area contributed by atoms with E-state index in [4.69, 9.17) is 23.7 Å². The minimum Gasteiger partial charge on any atom is -0.491 e. The Morgan fingerprint density at radius 3 is 1.74 bits per heavy atom. The van der Waals surface area contributed by atoms with E-state index >= 15 is 0 Å². The van der Waals surface area contributed by atoms with Gasteiger partial charge in [0.05, 0.1) is 26.3 Å². The highest BCUT2D eigenvalue weighted by atomic mass is 16.6. The summed E-state index contributed by atoms with van der Waals surface area (Å²) in [5.41, 5.74) is -0.193. The van der Waals surface area contributed by atoms with Crippen molar-refractivity contribution >= 4 is 17.9 Å². The fraction of sp³-hybridized carbons (Fsp3) is 0.743. The Morgan fingerprint density at radius 2 is 1.28 bits per heavy atom. The van der Waals surface area contributed by atoms with Crippen LogP contribution >= 0.6 is 0 Å². The van der Waals surface area contributed by atoms with Gasteiger partial charge in [-0.2, -0.15) is 0 Å². The first-order valence-electron chi connectivity index (χ1n) is 17.0. The van der Waals surface area contributed by atoms with E-state index in [9.17, 15) is 14.4 Å². The van der Waals surface area contributed by atoms with Gasteiger partial charge in [0.15, 0.2) is 0 Å². The Labute approximate surface area is 282 Å². The van der Waals surface area contributed by atoms with Gasteiger partial charge in [-0.25, -0.2) is 0 Å². The number of benzene rings is 1. The van der Waals surface area contributed by atoms with E-state index in [1.54, 1.807) is 6.92 Å². The summed E-state index contributed by atoms with van der Waals surface area (Å²) in [7, 11) is 0. The second-order valence-electron chi connectivity index (χ2n) is 13.7. The van der Waals surface area contributed by atoms with Gasteiger partial charge in [0.1, 0.15) is 29.6 Å². The summed E-state index contributed by atoms with van der Waals surface area (Å²) in [6.45, 7) is 21.7. The first-order chi connectivity index (χ1) is 22.2. The highest BCUT2D eigenvalue weighted by Gasteiger charge is 2.30. The van der Waals surface area contributed by atoms with Gasteiger partial charge in [0.25, 0.3) is 0 Å². The van der Waals surface area contributed by atoms with Crippen LogP contribution in [0.25, 0.3) is 0 Å². The molecule has 1 aliphatic heterocycles. The van der Waals surface area contributed by atoms with E-state index < -0.39 is 17.2 Å². The SMILES string of the molecule is CCOCCOc1ccc(CC(C(=O)OCC)N2CCN(CC(=O)OC(C)(C)C)CCNCCN(CC(=O)OC(C)(C)C)CC2)cc1. The van der Waals surface area contributed by atoms with Crippen molar-refractivity contribution in [2.45, 2.75) is 79.1 Å². The molecule has 12 nitrogen and oxygen atoms in total. The lowest BCUT2D eigenvalue weighted by Gasteiger charge is -2.35. The molecule has 12 heteroatoms. The first-order valence-corrected chi connectivity index (χ1v) is 17.0. The molecule has 1 N–H and O–H groups in total. The summed E-state index contributed by atoms with van der Waals surface area (Å²) < 4.78 is 27.9. The molecule has 0 amide bonds. The molecule has 0 saturated carbocycles. The smallest absolute Gasteiger partial charge is 0.323 e. The zero-order valence-electron chi connectivity index (χ0n) is 30.1. The van der Waals surface area contributed by atoms with Crippen LogP contribution in [0.15, 0.2) is 24.3 Å². The van der Waals surface area contributed by atoms with Crippen molar-refractivity contribution in [1.82, 2.24) is 20.0 Å². The number of carbonyl (C=O) groups is 3. The fourth-order valence-electron chi connectivity index (χ4n) is 5.12. The summed E-state index contributed by atoms with van der Waals surface area (Å²) in [4.78, 5) is 45.3. The van der Waals surface area contributed by atoms with Gasteiger partial charge in [-0.1, -0.05) is 12.1 Å². The average molecular weight is 665 g/mol. The lowest BCUT2D eigenvalue weighted by atomic mass is 10.0. The second-order valence-corrected chi connectivity index (χ2v) is 13.7. The quantitative estimate of drug-likeness (QED) is 0.179. The molecule has 1 fully saturated rings. The number of hydrogen-bond acceptors (Lipinski definition) is 12. The van der Waals surface area contributed by atoms with E-state index in [0.29, 0.717) is 78.6 Å². The molecule has 1 atom stereocenters. The zero-order chi connectivity index (χ0) is 34.9. The van der Waals surface area contributed by atoms with Gasteiger partial charge in [0, 0.05) is 59.0 Å². The molecular formula is C35H60N4O8. The molecule has 1 unspecified atom stereocenters. The predicted octanol–water partition coefficient (Wildman–Crippen LogP) is 2.77. The number of hydrogen-bond donors (Lipinski definition) is 1. The molecular weight excluding hydrogens is 604 g/mol. The molecule has 1 aliphatic rings. The van der Waals surface area contributed by atoms with Crippen LogP contribution in [0.1, 0.15) is 61.0 Å². The van der Waals surface area contributed by atoms with Crippen molar-refractivity contribution in [3.8, 4) is 5.75 Å². The monoisotopic (exact) mass is 664 g/mol. The maximum absolute atomic E-state index is 13.5. The highest BCUT2D eigenvalue weighted by Crippen LogP contribution is 2.17. The highest BCUT2D eigenvalue weighted by molar-refractivity contribution is 5.76. The largest absolute Gasteiger partial charge is 0.491 e. The van der Waals surface area contributed by atoms with E-state index in [-0.39, 0.29) is 37.6 Å². The number of esters is 3. The summed E-state index contributed by atoms with van der Waals surface area (Å²) >= 11 is 0. The van der Waals surface area contributed by atoms with E-state index in [0.717, 1.165) is 11.3 Å². The maximum atomic E-state index is 13.5. The third kappa shape index (κ3) is 17.8. The van der Waals surface area contributed by atoms with Crippen LogP contribution in [0.4, 0.5) is 0 Å². The third-order valence-electron chi connectivity index (χ3n) is 7.21. The summed E-state index contributed by atoms with van der Waals surface area (Å²) in [6.07, 6.45) is 0.428. The molecule has 1 aromatic carbocycles. The molecule has 1 saturated heterocycles. The van der Waals surface area contributed by atoms with Crippen LogP contribution in [-0.2, 0) is 39.8 Å². The van der Waals surface area contributed by atoms with Gasteiger partial charge in [0.2, 0.25) is 0 Å². The Bertz CT molecular complexity index is 1030. The standard InChI is InChI=1S/C35H60N4O8/c1-9-43-23-24-45-29-13-11-28(12-14-29)25-30(33(42)44-10-2)39-21-19-37(26-31(40)46-34(3,4)5)17-15-36-16-18-38(20-22-39)27-32(41)47-35(6,7)8/h11-14,30,36H,9-10,15-27H2,1-8H3. The van der Waals surface area contributed by atoms with Crippen molar-refractivity contribution in [3.05, 3.63) is 29.8 Å². The maximum Gasteiger partial charge on any atom is 0.323 e. The Kier molecular flexibility index (Phi) is 17.7. The van der Waals surface area contributed by atoms with Crippen LogP contribution in [0.5, 0.6) is 5.75 Å². The molecule has 0 bridgehead atoms. The molecule has 1 heterocycles. The number of ether oxygens (including phenoxy) is 5. The van der Waals surface area contributed by atoms with Crippen LogP contribution in [-0.4, -0.2) is 142 Å². The van der Waals surface area contributed by atoms with Gasteiger partial charge in [-0.3, -0.25) is 29.1 Å². The minimum atomic E-state index is -0.579. The van der Waals surface area contributed by atoms with Crippen molar-refractivity contribution in [3.63, 3.8) is 0 Å². The summed E-state index contributed by atoms with van der Waals surface area (Å²) in [5, 5.41) is 3.44. The van der Waals surface area contributed by atoms with E-state index in [1.165, 1.54) is 0 Å². The molecule has 2 rings (SSSR count). The second kappa shape index (κ2) is 20.6. The summed E-state index contributed by atoms with van der Waals surface area (Å²) in [5.74, 6) is -0.150. The van der Waals surface area contributed by atoms with Crippen molar-refractivity contribution in [2.75, 3.05) is 91.9 Å². The van der Waals surface area contributed by atoms with E-state index in [1.807, 2.05) is 72.7 Å². The lowest BCUT2D eigenvalue weighted by Crippen LogP contribution is -2.52. The third-order valence-corrected chi connectivity index (χ3v) is 7.21. The zero-order valence-corrected chi connectivity index (χ0v) is 30.1. The molecule has 1 aromatic rings. The normalized spacial score (nSPS) is 17.2. The first kappa shape index (κ1) is 40.4. The number of carbonyl (C=O) groups excluding carboxylic acids is 3. The van der Waals surface area contributed by atoms with Gasteiger partial charge in [-0.05, 0) is 79.5 Å².